The summed E-state index contributed by atoms with van der Waals surface area (Å²) in [5, 5.41) is 3.09. The van der Waals surface area contributed by atoms with Crippen molar-refractivity contribution in [3.8, 4) is 0 Å². The van der Waals surface area contributed by atoms with Crippen LogP contribution in [0.1, 0.15) is 40.6 Å². The zero-order chi connectivity index (χ0) is 17.9. The van der Waals surface area contributed by atoms with Crippen molar-refractivity contribution in [1.82, 2.24) is 20.3 Å². The lowest BCUT2D eigenvalue weighted by Gasteiger charge is -2.32. The van der Waals surface area contributed by atoms with Crippen LogP contribution in [-0.2, 0) is 4.74 Å². The van der Waals surface area contributed by atoms with Gasteiger partial charge in [-0.25, -0.2) is 9.97 Å². The molecule has 1 aromatic carbocycles. The van der Waals surface area contributed by atoms with E-state index in [4.69, 9.17) is 4.74 Å². The number of benzene rings is 1. The number of nitrogens with zero attached hydrogens (tertiary/aromatic N) is 3. The Morgan fingerprint density at radius 1 is 1.12 bits per heavy atom. The number of fused-ring (bicyclic) bond motifs is 1. The lowest BCUT2D eigenvalue weighted by molar-refractivity contribution is -0.00951. The molecule has 1 aliphatic rings. The fraction of sp³-hybridized carbons (Fsp3) is 0.300. The minimum atomic E-state index is -0.217. The molecule has 2 aromatic heterocycles. The molecule has 0 bridgehead atoms. The van der Waals surface area contributed by atoms with E-state index in [0.29, 0.717) is 23.5 Å². The molecular formula is C20H20N4O2. The molecule has 2 unspecified atom stereocenters. The molecule has 6 nitrogen and oxygen atoms in total. The molecule has 1 saturated heterocycles. The van der Waals surface area contributed by atoms with Crippen molar-refractivity contribution in [3.05, 3.63) is 65.6 Å². The summed E-state index contributed by atoms with van der Waals surface area (Å²) >= 11 is 0. The first-order valence-corrected chi connectivity index (χ1v) is 8.77. The minimum Gasteiger partial charge on any atom is -0.371 e. The number of rotatable bonds is 3. The second-order valence-electron chi connectivity index (χ2n) is 6.52. The molecule has 0 spiro atoms. The number of aromatic nitrogens is 3. The van der Waals surface area contributed by atoms with Gasteiger partial charge in [0.2, 0.25) is 0 Å². The average molecular weight is 348 g/mol. The van der Waals surface area contributed by atoms with E-state index < -0.39 is 0 Å². The third-order valence-electron chi connectivity index (χ3n) is 4.61. The molecule has 0 radical (unpaired) electrons. The van der Waals surface area contributed by atoms with Crippen LogP contribution >= 0.6 is 0 Å². The summed E-state index contributed by atoms with van der Waals surface area (Å²) in [4.78, 5) is 25.4. The van der Waals surface area contributed by atoms with E-state index in [-0.39, 0.29) is 18.1 Å². The predicted octanol–water partition coefficient (Wildman–Crippen LogP) is 2.98. The Labute approximate surface area is 151 Å². The third kappa shape index (κ3) is 3.41. The van der Waals surface area contributed by atoms with Crippen LogP contribution in [0.25, 0.3) is 11.2 Å². The molecule has 1 N–H and O–H groups in total. The number of carbonyl (C=O) groups excluding carboxylic acids is 1. The van der Waals surface area contributed by atoms with Gasteiger partial charge in [-0.2, -0.15) is 0 Å². The summed E-state index contributed by atoms with van der Waals surface area (Å²) in [5.74, 6) is -0.217. The van der Waals surface area contributed by atoms with Crippen molar-refractivity contribution >= 4 is 17.1 Å². The minimum absolute atomic E-state index is 0.0849. The molecule has 0 saturated carbocycles. The maximum Gasteiger partial charge on any atom is 0.270 e. The Hall–Kier alpha value is -2.86. The normalized spacial score (nSPS) is 20.0. The Morgan fingerprint density at radius 3 is 2.77 bits per heavy atom. The van der Waals surface area contributed by atoms with Crippen LogP contribution in [-0.4, -0.2) is 33.5 Å². The van der Waals surface area contributed by atoms with Gasteiger partial charge in [0.05, 0.1) is 6.04 Å². The average Bonchev–Trinajstić information content (AvgIpc) is 2.69. The van der Waals surface area contributed by atoms with Crippen LogP contribution in [0, 0.1) is 6.92 Å². The van der Waals surface area contributed by atoms with Crippen molar-refractivity contribution in [2.45, 2.75) is 31.9 Å². The first-order chi connectivity index (χ1) is 12.7. The van der Waals surface area contributed by atoms with Gasteiger partial charge in [0.25, 0.3) is 5.91 Å². The van der Waals surface area contributed by atoms with Gasteiger partial charge in [0.1, 0.15) is 17.3 Å². The maximum absolute atomic E-state index is 12.7. The topological polar surface area (TPSA) is 77.0 Å². The number of hydrogen-bond acceptors (Lipinski definition) is 5. The van der Waals surface area contributed by atoms with Crippen LogP contribution < -0.4 is 5.32 Å². The highest BCUT2D eigenvalue weighted by Crippen LogP contribution is 2.29. The quantitative estimate of drug-likeness (QED) is 0.787. The molecule has 132 valence electrons. The summed E-state index contributed by atoms with van der Waals surface area (Å²) in [6, 6.07) is 11.6. The number of carbonyl (C=O) groups is 1. The van der Waals surface area contributed by atoms with Crippen molar-refractivity contribution in [2.24, 2.45) is 0 Å². The number of amides is 1. The van der Waals surface area contributed by atoms with Crippen molar-refractivity contribution in [3.63, 3.8) is 0 Å². The number of pyridine rings is 1. The Kier molecular flexibility index (Phi) is 4.58. The molecule has 3 heterocycles. The van der Waals surface area contributed by atoms with E-state index in [0.717, 1.165) is 18.4 Å². The monoisotopic (exact) mass is 348 g/mol. The third-order valence-corrected chi connectivity index (χ3v) is 4.61. The van der Waals surface area contributed by atoms with Crippen LogP contribution in [0.4, 0.5) is 0 Å². The highest BCUT2D eigenvalue weighted by molar-refractivity contribution is 5.94. The van der Waals surface area contributed by atoms with Crippen LogP contribution in [0.5, 0.6) is 0 Å². The Morgan fingerprint density at radius 2 is 1.92 bits per heavy atom. The van der Waals surface area contributed by atoms with E-state index in [1.54, 1.807) is 24.5 Å². The van der Waals surface area contributed by atoms with E-state index in [9.17, 15) is 4.79 Å². The van der Waals surface area contributed by atoms with Crippen molar-refractivity contribution in [2.75, 3.05) is 6.61 Å². The molecule has 0 aliphatic carbocycles. The predicted molar refractivity (Wildman–Crippen MR) is 97.7 cm³/mol. The molecule has 4 rings (SSSR count). The lowest BCUT2D eigenvalue weighted by atomic mass is 9.95. The van der Waals surface area contributed by atoms with Gasteiger partial charge in [0, 0.05) is 19.0 Å². The lowest BCUT2D eigenvalue weighted by Crippen LogP contribution is -2.43. The standard InChI is InChI=1S/C20H20N4O2/c1-13-4-6-14(7-5-13)18-15(3-2-12-26-18)24-20(25)17-9-8-16-19(23-17)22-11-10-21-16/h4-11,15,18H,2-3,12H2,1H3,(H,24,25). The van der Waals surface area contributed by atoms with E-state index >= 15 is 0 Å². The van der Waals surface area contributed by atoms with E-state index in [1.807, 2.05) is 0 Å². The molecular weight excluding hydrogens is 328 g/mol. The molecule has 6 heteroatoms. The fourth-order valence-corrected chi connectivity index (χ4v) is 3.24. The first-order valence-electron chi connectivity index (χ1n) is 8.77. The number of nitrogens with one attached hydrogen (secondary N) is 1. The summed E-state index contributed by atoms with van der Waals surface area (Å²) in [6.07, 6.45) is 4.82. The largest absolute Gasteiger partial charge is 0.371 e. The number of aryl methyl sites for hydroxylation is 1. The fourth-order valence-electron chi connectivity index (χ4n) is 3.24. The summed E-state index contributed by atoms with van der Waals surface area (Å²) in [7, 11) is 0. The molecule has 26 heavy (non-hydrogen) atoms. The smallest absolute Gasteiger partial charge is 0.270 e. The highest BCUT2D eigenvalue weighted by atomic mass is 16.5. The molecule has 1 aliphatic heterocycles. The van der Waals surface area contributed by atoms with Gasteiger partial charge in [-0.3, -0.25) is 9.78 Å². The molecule has 1 amide bonds. The summed E-state index contributed by atoms with van der Waals surface area (Å²) < 4.78 is 5.97. The van der Waals surface area contributed by atoms with Gasteiger partial charge >= 0.3 is 0 Å². The SMILES string of the molecule is Cc1ccc(C2OCCCC2NC(=O)c2ccc3nccnc3n2)cc1. The highest BCUT2D eigenvalue weighted by Gasteiger charge is 2.29. The number of ether oxygens (including phenoxy) is 1. The van der Waals surface area contributed by atoms with Crippen molar-refractivity contribution in [1.29, 1.82) is 0 Å². The number of hydrogen-bond donors (Lipinski definition) is 1. The molecule has 1 fully saturated rings. The van der Waals surface area contributed by atoms with E-state index in [1.165, 1.54) is 5.56 Å². The van der Waals surface area contributed by atoms with E-state index in [2.05, 4.69) is 51.5 Å². The van der Waals surface area contributed by atoms with Gasteiger partial charge in [-0.15, -0.1) is 0 Å². The summed E-state index contributed by atoms with van der Waals surface area (Å²) in [6.45, 7) is 2.76. The molecule has 2 atom stereocenters. The summed E-state index contributed by atoms with van der Waals surface area (Å²) in [5.41, 5.74) is 3.76. The zero-order valence-corrected chi connectivity index (χ0v) is 14.6. The van der Waals surface area contributed by atoms with Gasteiger partial charge in [-0.1, -0.05) is 29.8 Å². The Bertz CT molecular complexity index is 927. The second-order valence-corrected chi connectivity index (χ2v) is 6.52. The molecule has 3 aromatic rings. The van der Waals surface area contributed by atoms with Gasteiger partial charge < -0.3 is 10.1 Å². The Balaban J connectivity index is 1.55. The zero-order valence-electron chi connectivity index (χ0n) is 14.6. The maximum atomic E-state index is 12.7. The second kappa shape index (κ2) is 7.17. The van der Waals surface area contributed by atoms with Crippen LogP contribution in [0.2, 0.25) is 0 Å². The first kappa shape index (κ1) is 16.6. The van der Waals surface area contributed by atoms with Crippen molar-refractivity contribution < 1.29 is 9.53 Å². The van der Waals surface area contributed by atoms with Gasteiger partial charge in [0.15, 0.2) is 5.65 Å². The van der Waals surface area contributed by atoms with Crippen LogP contribution in [0.15, 0.2) is 48.8 Å². The van der Waals surface area contributed by atoms with Crippen LogP contribution in [0.3, 0.4) is 0 Å². The van der Waals surface area contributed by atoms with Gasteiger partial charge in [-0.05, 0) is 37.5 Å².